The molecule has 2 aliphatic rings. The number of H-pyrrole nitrogens is 1. The van der Waals surface area contributed by atoms with Crippen molar-refractivity contribution in [3.05, 3.63) is 47.8 Å². The van der Waals surface area contributed by atoms with Gasteiger partial charge in [0.1, 0.15) is 5.82 Å². The van der Waals surface area contributed by atoms with Gasteiger partial charge in [-0.1, -0.05) is 24.3 Å². The summed E-state index contributed by atoms with van der Waals surface area (Å²) in [5, 5.41) is 17.4. The predicted octanol–water partition coefficient (Wildman–Crippen LogP) is 2.65. The van der Waals surface area contributed by atoms with Crippen molar-refractivity contribution in [1.29, 1.82) is 0 Å². The van der Waals surface area contributed by atoms with Gasteiger partial charge >= 0.3 is 0 Å². The van der Waals surface area contributed by atoms with Crippen LogP contribution in [0.4, 0.5) is 0 Å². The third-order valence-corrected chi connectivity index (χ3v) is 5.33. The molecular weight excluding hydrogens is 328 g/mol. The van der Waals surface area contributed by atoms with E-state index in [1.165, 1.54) is 12.8 Å². The van der Waals surface area contributed by atoms with Crippen LogP contribution >= 0.6 is 0 Å². The Labute approximate surface area is 150 Å². The molecule has 2 aromatic heterocycles. The van der Waals surface area contributed by atoms with E-state index in [-0.39, 0.29) is 11.8 Å². The van der Waals surface area contributed by atoms with Crippen LogP contribution in [-0.2, 0) is 0 Å². The summed E-state index contributed by atoms with van der Waals surface area (Å²) < 4.78 is 0. The molecule has 1 amide bonds. The lowest BCUT2D eigenvalue weighted by Gasteiger charge is -2.31. The minimum absolute atomic E-state index is 0.0584. The average Bonchev–Trinajstić information content (AvgIpc) is 3.44. The van der Waals surface area contributed by atoms with Crippen molar-refractivity contribution in [1.82, 2.24) is 30.3 Å². The second-order valence-corrected chi connectivity index (χ2v) is 7.22. The van der Waals surface area contributed by atoms with Gasteiger partial charge in [0.15, 0.2) is 11.5 Å². The van der Waals surface area contributed by atoms with Gasteiger partial charge in [-0.3, -0.25) is 9.89 Å². The van der Waals surface area contributed by atoms with Gasteiger partial charge in [-0.25, -0.2) is 4.98 Å². The van der Waals surface area contributed by atoms with E-state index >= 15 is 0 Å². The molecule has 1 N–H and O–H groups in total. The monoisotopic (exact) mass is 348 g/mol. The van der Waals surface area contributed by atoms with E-state index in [0.717, 1.165) is 41.8 Å². The molecule has 1 unspecified atom stereocenters. The molecule has 1 aromatic carbocycles. The minimum Gasteiger partial charge on any atom is -0.337 e. The molecular formula is C19H20N6O. The first-order valence-electron chi connectivity index (χ1n) is 9.21. The fraction of sp³-hybridized carbons (Fsp3) is 0.421. The number of nitrogens with zero attached hydrogens (tertiary/aromatic N) is 5. The number of amides is 1. The molecule has 7 heteroatoms. The summed E-state index contributed by atoms with van der Waals surface area (Å²) in [5.41, 5.74) is 0.428. The Hall–Kier alpha value is -2.83. The zero-order chi connectivity index (χ0) is 17.5. The Morgan fingerprint density at radius 1 is 1.15 bits per heavy atom. The molecule has 1 saturated carbocycles. The predicted molar refractivity (Wildman–Crippen MR) is 95.8 cm³/mol. The van der Waals surface area contributed by atoms with Crippen LogP contribution in [0.1, 0.15) is 59.7 Å². The fourth-order valence-electron chi connectivity index (χ4n) is 3.72. The number of aromatic nitrogens is 5. The highest BCUT2D eigenvalue weighted by Gasteiger charge is 2.32. The second kappa shape index (κ2) is 6.16. The van der Waals surface area contributed by atoms with Crippen LogP contribution in [0, 0.1) is 0 Å². The number of nitrogens with one attached hydrogen (secondary N) is 1. The smallest absolute Gasteiger partial charge is 0.275 e. The number of fused-ring (bicyclic) bond motifs is 1. The summed E-state index contributed by atoms with van der Waals surface area (Å²) in [6.45, 7) is 1.37. The van der Waals surface area contributed by atoms with Gasteiger partial charge in [0.05, 0.1) is 6.20 Å². The Kier molecular flexibility index (Phi) is 3.65. The first-order valence-corrected chi connectivity index (χ1v) is 9.21. The maximum atomic E-state index is 13.1. The Bertz CT molecular complexity index is 958. The zero-order valence-electron chi connectivity index (χ0n) is 14.4. The lowest BCUT2D eigenvalue weighted by Crippen LogP contribution is -2.40. The molecule has 7 nitrogen and oxygen atoms in total. The van der Waals surface area contributed by atoms with E-state index in [4.69, 9.17) is 0 Å². The number of carbonyl (C=O) groups is 1. The van der Waals surface area contributed by atoms with E-state index in [1.807, 2.05) is 29.2 Å². The molecule has 26 heavy (non-hydrogen) atoms. The maximum absolute atomic E-state index is 13.1. The van der Waals surface area contributed by atoms with Crippen molar-refractivity contribution >= 4 is 16.7 Å². The number of likely N-dealkylation sites (tertiary alicyclic amines) is 1. The van der Waals surface area contributed by atoms with Crippen molar-refractivity contribution in [2.75, 3.05) is 13.1 Å². The Morgan fingerprint density at radius 2 is 2.04 bits per heavy atom. The summed E-state index contributed by atoms with van der Waals surface area (Å²) in [4.78, 5) is 19.6. The number of hydrogen-bond acceptors (Lipinski definition) is 5. The molecule has 1 aliphatic carbocycles. The minimum atomic E-state index is -0.0584. The summed E-state index contributed by atoms with van der Waals surface area (Å²) >= 11 is 0. The first kappa shape index (κ1) is 15.4. The van der Waals surface area contributed by atoms with Gasteiger partial charge in [0.2, 0.25) is 0 Å². The standard InChI is InChI=1S/C19H20N6O/c26-19(16-15-6-2-1-4-13(15)10-20-22-16)25-9-3-5-14(11-25)18-21-17(23-24-18)12-7-8-12/h1-2,4,6,10,12,14H,3,5,7-9,11H2,(H,21,23,24). The fourth-order valence-corrected chi connectivity index (χ4v) is 3.72. The lowest BCUT2D eigenvalue weighted by molar-refractivity contribution is 0.0699. The average molecular weight is 348 g/mol. The second-order valence-electron chi connectivity index (χ2n) is 7.22. The molecule has 1 aliphatic heterocycles. The normalized spacial score (nSPS) is 20.5. The molecule has 132 valence electrons. The van der Waals surface area contributed by atoms with Gasteiger partial charge in [0.25, 0.3) is 5.91 Å². The summed E-state index contributed by atoms with van der Waals surface area (Å²) in [6, 6.07) is 7.74. The maximum Gasteiger partial charge on any atom is 0.275 e. The van der Waals surface area contributed by atoms with E-state index in [9.17, 15) is 4.79 Å². The van der Waals surface area contributed by atoms with Crippen LogP contribution in [0.5, 0.6) is 0 Å². The van der Waals surface area contributed by atoms with Crippen LogP contribution in [-0.4, -0.2) is 49.3 Å². The molecule has 0 radical (unpaired) electrons. The largest absolute Gasteiger partial charge is 0.337 e. The Morgan fingerprint density at radius 3 is 2.92 bits per heavy atom. The molecule has 1 saturated heterocycles. The van der Waals surface area contributed by atoms with Crippen LogP contribution in [0.25, 0.3) is 10.8 Å². The number of piperidine rings is 1. The van der Waals surface area contributed by atoms with Crippen LogP contribution < -0.4 is 0 Å². The number of carbonyl (C=O) groups excluding carboxylic acids is 1. The first-order chi connectivity index (χ1) is 12.8. The van der Waals surface area contributed by atoms with Crippen molar-refractivity contribution in [2.45, 2.75) is 37.5 Å². The van der Waals surface area contributed by atoms with Gasteiger partial charge in [-0.05, 0) is 25.7 Å². The molecule has 0 spiro atoms. The van der Waals surface area contributed by atoms with Crippen molar-refractivity contribution in [3.63, 3.8) is 0 Å². The molecule has 5 rings (SSSR count). The van der Waals surface area contributed by atoms with E-state index in [2.05, 4.69) is 25.4 Å². The van der Waals surface area contributed by atoms with Crippen LogP contribution in [0.2, 0.25) is 0 Å². The molecule has 1 atom stereocenters. The molecule has 0 bridgehead atoms. The van der Waals surface area contributed by atoms with Crippen molar-refractivity contribution < 1.29 is 4.79 Å². The van der Waals surface area contributed by atoms with Gasteiger partial charge in [-0.2, -0.15) is 10.2 Å². The Balaban J connectivity index is 1.39. The number of rotatable bonds is 3. The summed E-state index contributed by atoms with van der Waals surface area (Å²) in [7, 11) is 0. The van der Waals surface area contributed by atoms with Gasteiger partial charge < -0.3 is 4.90 Å². The summed E-state index contributed by atoms with van der Waals surface area (Å²) in [6.07, 6.45) is 6.04. The third-order valence-electron chi connectivity index (χ3n) is 5.33. The molecule has 2 fully saturated rings. The lowest BCUT2D eigenvalue weighted by atomic mass is 9.97. The number of hydrogen-bond donors (Lipinski definition) is 1. The highest BCUT2D eigenvalue weighted by Crippen LogP contribution is 2.38. The van der Waals surface area contributed by atoms with Crippen LogP contribution in [0.3, 0.4) is 0 Å². The van der Waals surface area contributed by atoms with E-state index in [1.54, 1.807) is 6.20 Å². The van der Waals surface area contributed by atoms with Gasteiger partial charge in [-0.15, -0.1) is 5.10 Å². The number of benzene rings is 1. The highest BCUT2D eigenvalue weighted by molar-refractivity contribution is 6.04. The van der Waals surface area contributed by atoms with E-state index < -0.39 is 0 Å². The van der Waals surface area contributed by atoms with Crippen molar-refractivity contribution in [3.8, 4) is 0 Å². The topological polar surface area (TPSA) is 87.7 Å². The quantitative estimate of drug-likeness (QED) is 0.786. The zero-order valence-corrected chi connectivity index (χ0v) is 14.4. The third kappa shape index (κ3) is 2.73. The van der Waals surface area contributed by atoms with Crippen LogP contribution in [0.15, 0.2) is 30.5 Å². The van der Waals surface area contributed by atoms with Gasteiger partial charge in [0, 0.05) is 35.7 Å². The SMILES string of the molecule is O=C(c1nncc2ccccc12)N1CCCC(c2n[nH]c(C3CC3)n2)C1. The summed E-state index contributed by atoms with van der Waals surface area (Å²) in [5.74, 6) is 2.52. The van der Waals surface area contributed by atoms with E-state index in [0.29, 0.717) is 18.2 Å². The number of aromatic amines is 1. The molecule has 3 heterocycles. The highest BCUT2D eigenvalue weighted by atomic mass is 16.2. The van der Waals surface area contributed by atoms with Crippen molar-refractivity contribution in [2.24, 2.45) is 0 Å². The molecule has 3 aromatic rings.